The Morgan fingerprint density at radius 3 is 2.68 bits per heavy atom. The Kier molecular flexibility index (Phi) is 7.30. The maximum absolute atomic E-state index is 14.0. The van der Waals surface area contributed by atoms with Crippen LogP contribution in [0, 0.1) is 5.82 Å². The lowest BCUT2D eigenvalue weighted by Gasteiger charge is -2.43. The van der Waals surface area contributed by atoms with Crippen LogP contribution in [0.3, 0.4) is 0 Å². The van der Waals surface area contributed by atoms with E-state index in [0.717, 1.165) is 10.6 Å². The number of hydrogen-bond acceptors (Lipinski definition) is 9. The number of nitrogens with zero attached hydrogens (tertiary/aromatic N) is 4. The molecule has 0 radical (unpaired) electrons. The van der Waals surface area contributed by atoms with E-state index in [4.69, 9.17) is 42.1 Å². The lowest BCUT2D eigenvalue weighted by molar-refractivity contribution is -0.274. The highest BCUT2D eigenvalue weighted by atomic mass is 35.5. The second kappa shape index (κ2) is 10.8. The van der Waals surface area contributed by atoms with Gasteiger partial charge in [-0.3, -0.25) is 0 Å². The van der Waals surface area contributed by atoms with Crippen LogP contribution in [0.5, 0.6) is 0 Å². The minimum absolute atomic E-state index is 0.0933. The van der Waals surface area contributed by atoms with Crippen molar-refractivity contribution in [3.8, 4) is 10.7 Å². The first-order chi connectivity index (χ1) is 18.5. The summed E-state index contributed by atoms with van der Waals surface area (Å²) < 4.78 is 40.5. The molecule has 6 rings (SSSR count). The molecule has 196 valence electrons. The molecule has 8 nitrogen and oxygen atoms in total. The number of halogens is 3. The number of rotatable bonds is 6. The van der Waals surface area contributed by atoms with Crippen LogP contribution in [0.1, 0.15) is 17.9 Å². The summed E-state index contributed by atoms with van der Waals surface area (Å²) in [5, 5.41) is 11.6. The highest BCUT2D eigenvalue weighted by Gasteiger charge is 2.48. The Morgan fingerprint density at radius 1 is 1.18 bits per heavy atom. The third kappa shape index (κ3) is 4.90. The molecule has 0 spiro atoms. The van der Waals surface area contributed by atoms with Gasteiger partial charge in [0.05, 0.1) is 30.0 Å². The minimum Gasteiger partial charge on any atom is -0.494 e. The fourth-order valence-corrected chi connectivity index (χ4v) is 6.53. The Labute approximate surface area is 235 Å². The standard InChI is InChI=1S/C25H19Cl2FN4O4S2/c1-33-22-20(32-11-17(30-31-32)23-29-7-8-37-23)21-18(12-34-24(36-21)13-5-3-2-4-6-13)35-25(22)38-14-9-15(26)19(28)16(27)10-14/h2-11,18,20-21,24H,12H2,1H3/t18?,20?,21-,24?/m0/s1. The maximum atomic E-state index is 14.0. The van der Waals surface area contributed by atoms with E-state index in [1.165, 1.54) is 35.2 Å². The number of thioether (sulfide) groups is 1. The molecule has 1 fully saturated rings. The summed E-state index contributed by atoms with van der Waals surface area (Å²) >= 11 is 14.7. The molecule has 13 heteroatoms. The second-order valence-corrected chi connectivity index (χ2v) is 11.1. The highest BCUT2D eigenvalue weighted by molar-refractivity contribution is 8.03. The summed E-state index contributed by atoms with van der Waals surface area (Å²) in [5.74, 6) is -0.225. The van der Waals surface area contributed by atoms with Gasteiger partial charge in [0.25, 0.3) is 0 Å². The predicted molar refractivity (Wildman–Crippen MR) is 141 cm³/mol. The van der Waals surface area contributed by atoms with Gasteiger partial charge in [-0.25, -0.2) is 14.1 Å². The fraction of sp³-hybridized carbons (Fsp3) is 0.240. The average molecular weight is 593 g/mol. The fourth-order valence-electron chi connectivity index (χ4n) is 4.28. The van der Waals surface area contributed by atoms with E-state index in [1.807, 2.05) is 35.7 Å². The van der Waals surface area contributed by atoms with Crippen LogP contribution in [0.4, 0.5) is 4.39 Å². The molecular formula is C25H19Cl2FN4O4S2. The van der Waals surface area contributed by atoms with E-state index in [9.17, 15) is 4.39 Å². The second-order valence-electron chi connectivity index (χ2n) is 8.36. The van der Waals surface area contributed by atoms with E-state index >= 15 is 0 Å². The van der Waals surface area contributed by atoms with Crippen LogP contribution >= 0.6 is 46.3 Å². The molecule has 0 N–H and O–H groups in total. The summed E-state index contributed by atoms with van der Waals surface area (Å²) in [6.45, 7) is 0.251. The molecule has 0 aliphatic carbocycles. The normalized spacial score (nSPS) is 23.2. The monoisotopic (exact) mass is 592 g/mol. The number of hydrogen-bond donors (Lipinski definition) is 0. The molecule has 2 aliphatic rings. The number of methoxy groups -OCH3 is 1. The average Bonchev–Trinajstić information content (AvgIpc) is 3.64. The van der Waals surface area contributed by atoms with Crippen molar-refractivity contribution in [1.82, 2.24) is 20.0 Å². The van der Waals surface area contributed by atoms with Gasteiger partial charge >= 0.3 is 0 Å². The number of ether oxygens (including phenoxy) is 4. The number of aromatic nitrogens is 4. The molecule has 38 heavy (non-hydrogen) atoms. The molecule has 0 bridgehead atoms. The SMILES string of the molecule is COC1=C(Sc2cc(Cl)c(F)c(Cl)c2)OC2COC(c3ccccc3)O[C@@H]2C1n1cc(-c2nccs2)nn1. The summed E-state index contributed by atoms with van der Waals surface area (Å²) in [6.07, 6.45) is 1.88. The Morgan fingerprint density at radius 2 is 1.97 bits per heavy atom. The predicted octanol–water partition coefficient (Wildman–Crippen LogP) is 6.51. The Bertz CT molecular complexity index is 1450. The first kappa shape index (κ1) is 25.6. The highest BCUT2D eigenvalue weighted by Crippen LogP contribution is 2.46. The summed E-state index contributed by atoms with van der Waals surface area (Å²) in [7, 11) is 1.55. The lowest BCUT2D eigenvalue weighted by atomic mass is 10.00. The molecule has 2 aromatic heterocycles. The van der Waals surface area contributed by atoms with Gasteiger partial charge in [-0.1, -0.05) is 58.7 Å². The Balaban J connectivity index is 1.41. The largest absolute Gasteiger partial charge is 0.494 e. The van der Waals surface area contributed by atoms with E-state index < -0.39 is 30.4 Å². The third-order valence-corrected chi connectivity index (χ3v) is 8.30. The van der Waals surface area contributed by atoms with Crippen LogP contribution in [-0.4, -0.2) is 45.9 Å². The van der Waals surface area contributed by atoms with Crippen molar-refractivity contribution in [3.63, 3.8) is 0 Å². The zero-order chi connectivity index (χ0) is 26.2. The summed E-state index contributed by atoms with van der Waals surface area (Å²) in [6, 6.07) is 12.1. The first-order valence-corrected chi connectivity index (χ1v) is 13.9. The van der Waals surface area contributed by atoms with E-state index in [2.05, 4.69) is 15.3 Å². The molecule has 0 saturated carbocycles. The van der Waals surface area contributed by atoms with Crippen molar-refractivity contribution in [2.75, 3.05) is 13.7 Å². The van der Waals surface area contributed by atoms with Gasteiger partial charge in [-0.05, 0) is 23.9 Å². The number of fused-ring (bicyclic) bond motifs is 1. The molecule has 4 atom stereocenters. The lowest BCUT2D eigenvalue weighted by Crippen LogP contribution is -2.50. The van der Waals surface area contributed by atoms with Crippen molar-refractivity contribution < 1.29 is 23.3 Å². The van der Waals surface area contributed by atoms with E-state index in [0.29, 0.717) is 21.4 Å². The van der Waals surface area contributed by atoms with Crippen LogP contribution in [-0.2, 0) is 18.9 Å². The number of benzene rings is 2. The van der Waals surface area contributed by atoms with Crippen LogP contribution in [0.25, 0.3) is 10.7 Å². The van der Waals surface area contributed by atoms with E-state index in [1.54, 1.807) is 24.2 Å². The van der Waals surface area contributed by atoms with Crippen molar-refractivity contribution >= 4 is 46.3 Å². The van der Waals surface area contributed by atoms with Gasteiger partial charge in [-0.15, -0.1) is 16.4 Å². The zero-order valence-electron chi connectivity index (χ0n) is 19.7. The summed E-state index contributed by atoms with van der Waals surface area (Å²) in [4.78, 5) is 4.91. The molecule has 4 heterocycles. The number of thiazole rings is 1. The van der Waals surface area contributed by atoms with Crippen molar-refractivity contribution in [2.24, 2.45) is 0 Å². The molecular weight excluding hydrogens is 574 g/mol. The smallest absolute Gasteiger partial charge is 0.198 e. The molecule has 2 aromatic carbocycles. The van der Waals surface area contributed by atoms with Gasteiger partial charge in [0.1, 0.15) is 22.8 Å². The van der Waals surface area contributed by atoms with Gasteiger partial charge in [0.2, 0.25) is 0 Å². The molecule has 4 aromatic rings. The maximum Gasteiger partial charge on any atom is 0.198 e. The first-order valence-electron chi connectivity index (χ1n) is 11.4. The zero-order valence-corrected chi connectivity index (χ0v) is 22.8. The molecule has 2 aliphatic heterocycles. The minimum atomic E-state index is -0.681. The van der Waals surface area contributed by atoms with Gasteiger partial charge in [0.15, 0.2) is 29.1 Å². The van der Waals surface area contributed by atoms with Crippen molar-refractivity contribution in [3.05, 3.63) is 92.5 Å². The van der Waals surface area contributed by atoms with Crippen molar-refractivity contribution in [1.29, 1.82) is 0 Å². The van der Waals surface area contributed by atoms with Crippen LogP contribution in [0.2, 0.25) is 10.0 Å². The van der Waals surface area contributed by atoms with Crippen molar-refractivity contribution in [2.45, 2.75) is 29.4 Å². The molecule has 1 saturated heterocycles. The third-order valence-electron chi connectivity index (χ3n) is 6.00. The van der Waals surface area contributed by atoms with Gasteiger partial charge in [-0.2, -0.15) is 0 Å². The van der Waals surface area contributed by atoms with Gasteiger partial charge in [0, 0.05) is 22.0 Å². The van der Waals surface area contributed by atoms with E-state index in [-0.39, 0.29) is 16.7 Å². The van der Waals surface area contributed by atoms with Crippen LogP contribution < -0.4 is 0 Å². The quantitative estimate of drug-likeness (QED) is 0.234. The topological polar surface area (TPSA) is 80.5 Å². The summed E-state index contributed by atoms with van der Waals surface area (Å²) in [5.41, 5.74) is 1.50. The van der Waals surface area contributed by atoms with Crippen LogP contribution in [0.15, 0.2) is 76.0 Å². The van der Waals surface area contributed by atoms with Gasteiger partial charge < -0.3 is 18.9 Å². The molecule has 3 unspecified atom stereocenters. The Hall–Kier alpha value is -2.67. The molecule has 0 amide bonds.